The minimum absolute atomic E-state index is 0.0631. The number of nitrogens with two attached hydrogens (primary N) is 1. The zero-order chi connectivity index (χ0) is 24.6. The molecule has 0 heterocycles. The summed E-state index contributed by atoms with van der Waals surface area (Å²) in [5.74, 6) is -11.3. The number of carbonyl (C=O) groups is 4. The number of carboxylic acids is 1. The number of primary amides is 1. The number of Topliss-reactive ketones (excluding diaryl/α,β-unsaturated/α-hetero) is 2. The number of amides is 1. The highest BCUT2D eigenvalue weighted by Crippen LogP contribution is 2.56. The second-order valence-electron chi connectivity index (χ2n) is 8.72. The van der Waals surface area contributed by atoms with Gasteiger partial charge in [-0.3, -0.25) is 24.1 Å². The molecule has 1 saturated carbocycles. The van der Waals surface area contributed by atoms with E-state index in [0.717, 1.165) is 0 Å². The third-order valence-electron chi connectivity index (χ3n) is 6.87. The standard InChI is InChI=1S/C22H22N2O9/c1-24(2)15-9-6-8-11(21(31)32)7-4-3-5-10(25)12(7)16(26)13(8)18(28)22(9,33)19(29)14(17(15)27)20(23)30/h3-5,8-9,11,15,25-26,29,33H,6H2,1-2H3,(H2,23,30)(H,31,32)/t8-,9+,11+,15+,22+/m1/s1. The van der Waals surface area contributed by atoms with E-state index in [4.69, 9.17) is 5.73 Å². The van der Waals surface area contributed by atoms with E-state index < -0.39 is 81.3 Å². The van der Waals surface area contributed by atoms with Crippen LogP contribution in [0.1, 0.15) is 23.5 Å². The van der Waals surface area contributed by atoms with Crippen LogP contribution in [0.5, 0.6) is 5.75 Å². The van der Waals surface area contributed by atoms with Crippen LogP contribution in [-0.2, 0) is 19.2 Å². The zero-order valence-corrected chi connectivity index (χ0v) is 17.6. The number of carbonyl (C=O) groups excluding carboxylic acids is 3. The number of aliphatic carboxylic acids is 1. The van der Waals surface area contributed by atoms with Gasteiger partial charge >= 0.3 is 5.97 Å². The predicted octanol–water partition coefficient (Wildman–Crippen LogP) is -0.410. The third kappa shape index (κ3) is 2.75. The van der Waals surface area contributed by atoms with Crippen molar-refractivity contribution in [2.75, 3.05) is 14.1 Å². The van der Waals surface area contributed by atoms with Gasteiger partial charge in [-0.25, -0.2) is 0 Å². The number of aliphatic hydroxyl groups excluding tert-OH is 2. The molecule has 0 aromatic heterocycles. The van der Waals surface area contributed by atoms with Gasteiger partial charge in [0.25, 0.3) is 5.91 Å². The molecule has 0 saturated heterocycles. The molecule has 11 heteroatoms. The van der Waals surface area contributed by atoms with Gasteiger partial charge in [-0.2, -0.15) is 0 Å². The molecule has 0 spiro atoms. The molecule has 3 aliphatic rings. The number of rotatable bonds is 3. The van der Waals surface area contributed by atoms with Crippen LogP contribution in [-0.4, -0.2) is 79.6 Å². The first kappa shape index (κ1) is 22.5. The number of fused-ring (bicyclic) bond motifs is 3. The fourth-order valence-corrected chi connectivity index (χ4v) is 5.53. The third-order valence-corrected chi connectivity index (χ3v) is 6.87. The van der Waals surface area contributed by atoms with Crippen molar-refractivity contribution in [1.82, 2.24) is 4.90 Å². The molecule has 1 amide bonds. The Labute approximate surface area is 187 Å². The van der Waals surface area contributed by atoms with Gasteiger partial charge in [-0.15, -0.1) is 0 Å². The largest absolute Gasteiger partial charge is 0.508 e. The van der Waals surface area contributed by atoms with E-state index in [1.54, 1.807) is 0 Å². The highest BCUT2D eigenvalue weighted by molar-refractivity contribution is 6.24. The van der Waals surface area contributed by atoms with Crippen LogP contribution in [0.25, 0.3) is 5.76 Å². The lowest BCUT2D eigenvalue weighted by Gasteiger charge is -2.51. The summed E-state index contributed by atoms with van der Waals surface area (Å²) < 4.78 is 0. The normalized spacial score (nSPS) is 31.3. The maximum atomic E-state index is 13.7. The van der Waals surface area contributed by atoms with E-state index in [2.05, 4.69) is 0 Å². The average molecular weight is 458 g/mol. The Bertz CT molecular complexity index is 1200. The highest BCUT2D eigenvalue weighted by atomic mass is 16.4. The van der Waals surface area contributed by atoms with Crippen molar-refractivity contribution in [3.05, 3.63) is 46.2 Å². The molecule has 4 rings (SSSR count). The van der Waals surface area contributed by atoms with E-state index in [1.165, 1.54) is 37.2 Å². The zero-order valence-electron chi connectivity index (χ0n) is 17.6. The molecule has 1 aromatic carbocycles. The lowest BCUT2D eigenvalue weighted by molar-refractivity contribution is -0.155. The van der Waals surface area contributed by atoms with Gasteiger partial charge in [0.2, 0.25) is 5.78 Å². The molecule has 0 bridgehead atoms. The Hall–Kier alpha value is -3.70. The van der Waals surface area contributed by atoms with Crippen LogP contribution in [0, 0.1) is 11.8 Å². The van der Waals surface area contributed by atoms with E-state index in [-0.39, 0.29) is 17.5 Å². The number of carboxylic acid groups (broad SMARTS) is 1. The Morgan fingerprint density at radius 2 is 1.79 bits per heavy atom. The highest BCUT2D eigenvalue weighted by Gasteiger charge is 2.65. The molecule has 0 aliphatic heterocycles. The molecule has 1 fully saturated rings. The molecule has 0 radical (unpaired) electrons. The molecule has 11 nitrogen and oxygen atoms in total. The lowest BCUT2D eigenvalue weighted by Crippen LogP contribution is -2.66. The molecular formula is C22H22N2O9. The first-order valence-corrected chi connectivity index (χ1v) is 10.0. The fraction of sp³-hybridized carbons (Fsp3) is 0.364. The number of aliphatic hydroxyl groups is 3. The average Bonchev–Trinajstić information content (AvgIpc) is 2.70. The van der Waals surface area contributed by atoms with Gasteiger partial charge in [0, 0.05) is 17.4 Å². The van der Waals surface area contributed by atoms with Crippen LogP contribution in [0.3, 0.4) is 0 Å². The topological polar surface area (TPSA) is 199 Å². The van der Waals surface area contributed by atoms with E-state index >= 15 is 0 Å². The Balaban J connectivity index is 2.05. The van der Waals surface area contributed by atoms with Gasteiger partial charge in [-0.1, -0.05) is 12.1 Å². The maximum Gasteiger partial charge on any atom is 0.311 e. The Kier molecular flexibility index (Phi) is 4.88. The number of hydrogen-bond donors (Lipinski definition) is 6. The molecular weight excluding hydrogens is 436 g/mol. The summed E-state index contributed by atoms with van der Waals surface area (Å²) in [6.45, 7) is 0. The van der Waals surface area contributed by atoms with Crippen molar-refractivity contribution in [2.24, 2.45) is 17.6 Å². The van der Waals surface area contributed by atoms with Crippen molar-refractivity contribution < 1.29 is 44.7 Å². The number of likely N-dealkylation sites (N-methyl/N-ethyl adjacent to an activating group) is 1. The van der Waals surface area contributed by atoms with Crippen LogP contribution < -0.4 is 5.73 Å². The molecule has 3 aliphatic carbocycles. The summed E-state index contributed by atoms with van der Waals surface area (Å²) in [5.41, 5.74) is 0.762. The number of benzene rings is 1. The maximum absolute atomic E-state index is 13.7. The van der Waals surface area contributed by atoms with Gasteiger partial charge in [0.05, 0.1) is 17.5 Å². The van der Waals surface area contributed by atoms with E-state index in [9.17, 15) is 44.7 Å². The van der Waals surface area contributed by atoms with Crippen molar-refractivity contribution in [3.63, 3.8) is 0 Å². The number of nitrogens with zero attached hydrogens (tertiary/aromatic N) is 1. The number of phenols is 1. The number of hydrogen-bond acceptors (Lipinski definition) is 9. The smallest absolute Gasteiger partial charge is 0.311 e. The van der Waals surface area contributed by atoms with Crippen molar-refractivity contribution in [2.45, 2.75) is 24.0 Å². The molecule has 1 aromatic rings. The predicted molar refractivity (Wildman–Crippen MR) is 111 cm³/mol. The number of phenolic OH excluding ortho intramolecular Hbond substituents is 1. The summed E-state index contributed by atoms with van der Waals surface area (Å²) in [7, 11) is 2.92. The second-order valence-corrected chi connectivity index (χ2v) is 8.72. The van der Waals surface area contributed by atoms with Crippen molar-refractivity contribution >= 4 is 29.2 Å². The van der Waals surface area contributed by atoms with Gasteiger partial charge in [-0.05, 0) is 32.1 Å². The summed E-state index contributed by atoms with van der Waals surface area (Å²) in [5, 5.41) is 53.4. The molecule has 5 atom stereocenters. The molecule has 33 heavy (non-hydrogen) atoms. The second kappa shape index (κ2) is 7.15. The van der Waals surface area contributed by atoms with Gasteiger partial charge < -0.3 is 31.3 Å². The summed E-state index contributed by atoms with van der Waals surface area (Å²) in [6.07, 6.45) is -0.307. The molecule has 0 unspecified atom stereocenters. The minimum Gasteiger partial charge on any atom is -0.508 e. The fourth-order valence-electron chi connectivity index (χ4n) is 5.53. The number of ketones is 2. The summed E-state index contributed by atoms with van der Waals surface area (Å²) in [6, 6.07) is 2.69. The van der Waals surface area contributed by atoms with Crippen LogP contribution in [0.4, 0.5) is 0 Å². The summed E-state index contributed by atoms with van der Waals surface area (Å²) in [4.78, 5) is 52.2. The number of aromatic hydroxyl groups is 1. The van der Waals surface area contributed by atoms with Crippen molar-refractivity contribution in [1.29, 1.82) is 0 Å². The Morgan fingerprint density at radius 1 is 1.15 bits per heavy atom. The minimum atomic E-state index is -2.82. The lowest BCUT2D eigenvalue weighted by atomic mass is 9.55. The van der Waals surface area contributed by atoms with Gasteiger partial charge in [0.1, 0.15) is 22.8 Å². The van der Waals surface area contributed by atoms with Crippen LogP contribution >= 0.6 is 0 Å². The first-order chi connectivity index (χ1) is 15.3. The van der Waals surface area contributed by atoms with Gasteiger partial charge in [0.15, 0.2) is 11.4 Å². The van der Waals surface area contributed by atoms with Crippen molar-refractivity contribution in [3.8, 4) is 5.75 Å². The summed E-state index contributed by atoms with van der Waals surface area (Å²) >= 11 is 0. The molecule has 7 N–H and O–H groups in total. The Morgan fingerprint density at radius 3 is 2.33 bits per heavy atom. The van der Waals surface area contributed by atoms with E-state index in [0.29, 0.717) is 0 Å². The van der Waals surface area contributed by atoms with E-state index in [1.807, 2.05) is 0 Å². The molecule has 174 valence electrons. The monoisotopic (exact) mass is 458 g/mol. The first-order valence-electron chi connectivity index (χ1n) is 10.0. The van der Waals surface area contributed by atoms with Crippen LogP contribution in [0.2, 0.25) is 0 Å². The quantitative estimate of drug-likeness (QED) is 0.324. The van der Waals surface area contributed by atoms with Crippen LogP contribution in [0.15, 0.2) is 35.1 Å². The SMILES string of the molecule is CN(C)[C@@H]1C(=O)C(C(N)=O)=C(O)[C@@]2(O)C(=O)C3=C(O)c4c(O)cccc4[C@H](C(=O)O)[C@H]3C[C@@H]12.